The highest BCUT2D eigenvalue weighted by atomic mass is 16.9. The molecule has 0 aliphatic carbocycles. The van der Waals surface area contributed by atoms with Gasteiger partial charge in [-0.05, 0) is 7.05 Å². The van der Waals surface area contributed by atoms with Crippen molar-refractivity contribution in [1.29, 1.82) is 0 Å². The predicted molar refractivity (Wildman–Crippen MR) is 22.0 cm³/mol. The molecule has 0 aromatic rings. The first kappa shape index (κ1) is 9.45. The van der Waals surface area contributed by atoms with Crippen molar-refractivity contribution in [3.8, 4) is 0 Å². The molecule has 6 nitrogen and oxygen atoms in total. The quantitative estimate of drug-likeness (QED) is 0.204. The molecule has 6 heteroatoms. The molecule has 0 heterocycles. The van der Waals surface area contributed by atoms with Crippen molar-refractivity contribution in [2.24, 2.45) is 5.84 Å². The number of hydrazine groups is 1. The van der Waals surface area contributed by atoms with Crippen molar-refractivity contribution < 1.29 is 10.3 Å². The van der Waals surface area contributed by atoms with Crippen LogP contribution in [0.4, 0.5) is 0 Å². The van der Waals surface area contributed by atoms with E-state index in [4.69, 9.17) is 15.3 Å². The molecule has 0 rings (SSSR count). The summed E-state index contributed by atoms with van der Waals surface area (Å²) < 4.78 is 0. The average Bonchev–Trinajstić information content (AvgIpc) is 1.33. The lowest BCUT2D eigenvalue weighted by Gasteiger charge is -1.62. The average molecular weight is 109 g/mol. The van der Waals surface area contributed by atoms with Gasteiger partial charge in [0, 0.05) is 0 Å². The second-order valence-corrected chi connectivity index (χ2v) is 0.527. The number of hydrogen-bond acceptors (Lipinski definition) is 4. The molecule has 7 heavy (non-hydrogen) atoms. The van der Waals surface area contributed by atoms with E-state index in [0.717, 1.165) is 0 Å². The van der Waals surface area contributed by atoms with Gasteiger partial charge < -0.3 is 5.21 Å². The topological polar surface area (TPSA) is 101 Å². The second kappa shape index (κ2) is 8.93. The van der Waals surface area contributed by atoms with E-state index in [9.17, 15) is 0 Å². The Labute approximate surface area is 40.0 Å². The van der Waals surface area contributed by atoms with Crippen LogP contribution in [0.3, 0.4) is 0 Å². The van der Waals surface area contributed by atoms with E-state index in [1.54, 1.807) is 7.05 Å². The Morgan fingerprint density at radius 3 is 2.00 bits per heavy atom. The normalized spacial score (nSPS) is 6.00. The maximum absolute atomic E-state index is 8.36. The third kappa shape index (κ3) is 64.4. The monoisotopic (exact) mass is 109 g/mol. The van der Waals surface area contributed by atoms with Crippen LogP contribution >= 0.6 is 0 Å². The lowest BCUT2D eigenvalue weighted by atomic mass is 11.5. The molecule has 0 radical (unpaired) electrons. The lowest BCUT2D eigenvalue weighted by Crippen LogP contribution is -2.13. The summed E-state index contributed by atoms with van der Waals surface area (Å²) in [5.74, 6) is 4.60. The maximum atomic E-state index is 8.36. The van der Waals surface area contributed by atoms with Crippen molar-refractivity contribution in [2.45, 2.75) is 0 Å². The zero-order chi connectivity index (χ0) is 6.28. The van der Waals surface area contributed by atoms with Crippen molar-refractivity contribution in [2.75, 3.05) is 7.05 Å². The highest BCUT2D eigenvalue weighted by Crippen LogP contribution is 1.38. The van der Waals surface area contributed by atoms with Crippen molar-refractivity contribution in [3.05, 3.63) is 10.1 Å². The molecule has 0 bridgehead atoms. The van der Waals surface area contributed by atoms with Crippen LogP contribution in [0.2, 0.25) is 0 Å². The zero-order valence-electron chi connectivity index (χ0n) is 3.79. The largest absolute Gasteiger partial charge is 0.328 e. The molecule has 0 aliphatic rings. The van der Waals surface area contributed by atoms with Crippen LogP contribution < -0.4 is 11.3 Å². The van der Waals surface area contributed by atoms with Crippen LogP contribution in [-0.2, 0) is 0 Å². The maximum Gasteiger partial charge on any atom is 0.291 e. The van der Waals surface area contributed by atoms with Gasteiger partial charge >= 0.3 is 0 Å². The molecule has 0 atom stereocenters. The summed E-state index contributed by atoms with van der Waals surface area (Å²) in [6, 6.07) is 0. The van der Waals surface area contributed by atoms with Crippen molar-refractivity contribution in [3.63, 3.8) is 0 Å². The Bertz CT molecular complexity index is 41.4. The van der Waals surface area contributed by atoms with Gasteiger partial charge in [0.15, 0.2) is 0 Å². The molecule has 0 aromatic carbocycles. The minimum absolute atomic E-state index is 1.50. The van der Waals surface area contributed by atoms with Crippen molar-refractivity contribution in [1.82, 2.24) is 5.43 Å². The van der Waals surface area contributed by atoms with Gasteiger partial charge in [0.05, 0.1) is 0 Å². The number of nitrogens with zero attached hydrogens (tertiary/aromatic N) is 1. The molecular weight excluding hydrogens is 102 g/mol. The second-order valence-electron chi connectivity index (χ2n) is 0.527. The molecule has 0 spiro atoms. The van der Waals surface area contributed by atoms with Gasteiger partial charge in [0.1, 0.15) is 0 Å². The van der Waals surface area contributed by atoms with Crippen LogP contribution in [0.25, 0.3) is 0 Å². The fourth-order valence-corrected chi connectivity index (χ4v) is 0. The van der Waals surface area contributed by atoms with Crippen LogP contribution in [0.1, 0.15) is 0 Å². The van der Waals surface area contributed by atoms with E-state index in [2.05, 4.69) is 11.3 Å². The van der Waals surface area contributed by atoms with E-state index in [-0.39, 0.29) is 0 Å². The summed E-state index contributed by atoms with van der Waals surface area (Å²) in [5.41, 5.74) is 2.25. The van der Waals surface area contributed by atoms with Gasteiger partial charge in [-0.15, -0.1) is 10.1 Å². The number of nitrogens with two attached hydrogens (primary N) is 1. The summed E-state index contributed by atoms with van der Waals surface area (Å²) in [6.07, 6.45) is 0. The van der Waals surface area contributed by atoms with Gasteiger partial charge in [0.2, 0.25) is 0 Å². The molecule has 44 valence electrons. The Hall–Kier alpha value is -0.880. The molecular formula is CH7N3O3. The van der Waals surface area contributed by atoms with Crippen LogP contribution in [0, 0.1) is 10.1 Å². The number of nitrogens with one attached hydrogen (secondary N) is 1. The molecule has 4 N–H and O–H groups in total. The summed E-state index contributed by atoms with van der Waals surface area (Å²) in [4.78, 5) is 8.36. The van der Waals surface area contributed by atoms with E-state index >= 15 is 0 Å². The molecule has 0 fully saturated rings. The molecule has 0 unspecified atom stereocenters. The minimum Gasteiger partial charge on any atom is -0.328 e. The molecule has 0 aromatic heterocycles. The Morgan fingerprint density at radius 1 is 2.00 bits per heavy atom. The van der Waals surface area contributed by atoms with Crippen LogP contribution in [0.15, 0.2) is 0 Å². The van der Waals surface area contributed by atoms with Crippen LogP contribution in [-0.4, -0.2) is 17.3 Å². The van der Waals surface area contributed by atoms with Crippen molar-refractivity contribution >= 4 is 0 Å². The molecule has 0 amide bonds. The fraction of sp³-hybridized carbons (Fsp3) is 1.00. The summed E-state index contributed by atoms with van der Waals surface area (Å²) >= 11 is 0. The van der Waals surface area contributed by atoms with Gasteiger partial charge in [-0.1, -0.05) is 0 Å². The fourth-order valence-electron chi connectivity index (χ4n) is 0. The highest BCUT2D eigenvalue weighted by molar-refractivity contribution is 3.83. The summed E-state index contributed by atoms with van der Waals surface area (Å²) in [5, 5.41) is 13.6. The first-order chi connectivity index (χ1) is 3.15. The van der Waals surface area contributed by atoms with Crippen LogP contribution in [0.5, 0.6) is 0 Å². The van der Waals surface area contributed by atoms with E-state index in [0.29, 0.717) is 0 Å². The van der Waals surface area contributed by atoms with Gasteiger partial charge in [0.25, 0.3) is 5.09 Å². The predicted octanol–water partition coefficient (Wildman–Crippen LogP) is -1.27. The summed E-state index contributed by atoms with van der Waals surface area (Å²) in [6.45, 7) is 0. The smallest absolute Gasteiger partial charge is 0.291 e. The third-order valence-electron chi connectivity index (χ3n) is 0. The third-order valence-corrected chi connectivity index (χ3v) is 0. The van der Waals surface area contributed by atoms with Gasteiger partial charge in [-0.25, -0.2) is 0 Å². The standard InChI is InChI=1S/CH6N2.HNO3/c1-3-2;2-1(3)4/h3H,2H2,1H3;(H,2,3,4). The van der Waals surface area contributed by atoms with E-state index < -0.39 is 5.09 Å². The minimum atomic E-state index is -1.50. The lowest BCUT2D eigenvalue weighted by molar-refractivity contribution is -0.742. The van der Waals surface area contributed by atoms with E-state index in [1.807, 2.05) is 0 Å². The highest BCUT2D eigenvalue weighted by Gasteiger charge is 1.65. The molecule has 0 saturated carbocycles. The first-order valence-electron chi connectivity index (χ1n) is 1.35. The Balaban J connectivity index is 0. The molecule has 0 saturated heterocycles. The Kier molecular flexibility index (Phi) is 12.1. The van der Waals surface area contributed by atoms with Gasteiger partial charge in [-0.2, -0.15) is 0 Å². The number of rotatable bonds is 0. The zero-order valence-corrected chi connectivity index (χ0v) is 3.79. The SMILES string of the molecule is CNN.O=[N+]([O-])O. The molecule has 0 aliphatic heterocycles. The van der Waals surface area contributed by atoms with Gasteiger partial charge in [-0.3, -0.25) is 11.3 Å². The Morgan fingerprint density at radius 2 is 2.00 bits per heavy atom. The number of hydrogen-bond donors (Lipinski definition) is 3. The van der Waals surface area contributed by atoms with E-state index in [1.165, 1.54) is 0 Å². The first-order valence-corrected chi connectivity index (χ1v) is 1.35. The summed E-state index contributed by atoms with van der Waals surface area (Å²) in [7, 11) is 1.65.